The van der Waals surface area contributed by atoms with Crippen molar-refractivity contribution >= 4 is 39.8 Å². The predicted octanol–water partition coefficient (Wildman–Crippen LogP) is 3.19. The molecule has 0 aliphatic rings. The molecule has 1 amide bonds. The predicted molar refractivity (Wildman–Crippen MR) is 109 cm³/mol. The van der Waals surface area contributed by atoms with Crippen LogP contribution >= 0.6 is 27.7 Å². The number of hydrazone groups is 1. The summed E-state index contributed by atoms with van der Waals surface area (Å²) in [5.41, 5.74) is 3.90. The molecule has 7 nitrogen and oxygen atoms in total. The Labute approximate surface area is 168 Å². The molecule has 0 unspecified atom stereocenters. The fourth-order valence-corrected chi connectivity index (χ4v) is 3.19. The lowest BCUT2D eigenvalue weighted by Crippen LogP contribution is -2.19. The Hall–Kier alpha value is -2.65. The number of phenolic OH excluding ortho intramolecular Hbond substituents is 1. The van der Waals surface area contributed by atoms with Gasteiger partial charge in [0.25, 0.3) is 5.91 Å². The summed E-state index contributed by atoms with van der Waals surface area (Å²) >= 11 is 4.67. The molecule has 0 radical (unpaired) electrons. The first-order valence-corrected chi connectivity index (χ1v) is 9.70. The van der Waals surface area contributed by atoms with Gasteiger partial charge in [-0.05, 0) is 24.3 Å². The van der Waals surface area contributed by atoms with Gasteiger partial charge in [0.2, 0.25) is 0 Å². The minimum absolute atomic E-state index is 0.101. The molecule has 0 fully saturated rings. The minimum atomic E-state index is -0.278. The monoisotopic (exact) mass is 445 g/mol. The van der Waals surface area contributed by atoms with E-state index in [0.717, 1.165) is 15.9 Å². The van der Waals surface area contributed by atoms with Crippen LogP contribution in [0.4, 0.5) is 0 Å². The van der Waals surface area contributed by atoms with Gasteiger partial charge in [-0.25, -0.2) is 5.43 Å². The molecule has 9 heteroatoms. The molecule has 0 bridgehead atoms. The lowest BCUT2D eigenvalue weighted by atomic mass is 10.2. The van der Waals surface area contributed by atoms with Gasteiger partial charge in [-0.1, -0.05) is 52.0 Å². The van der Waals surface area contributed by atoms with E-state index in [1.54, 1.807) is 24.3 Å². The van der Waals surface area contributed by atoms with Crippen molar-refractivity contribution in [1.82, 2.24) is 20.2 Å². The molecule has 2 aromatic carbocycles. The van der Waals surface area contributed by atoms with Crippen LogP contribution in [0, 0.1) is 0 Å². The second-order valence-electron chi connectivity index (χ2n) is 5.51. The number of phenols is 1. The highest BCUT2D eigenvalue weighted by Crippen LogP contribution is 2.23. The number of hydrogen-bond acceptors (Lipinski definition) is 6. The third kappa shape index (κ3) is 4.95. The average Bonchev–Trinajstić information content (AvgIpc) is 3.03. The zero-order valence-corrected chi connectivity index (χ0v) is 16.7. The molecule has 0 atom stereocenters. The van der Waals surface area contributed by atoms with E-state index in [9.17, 15) is 9.90 Å². The van der Waals surface area contributed by atoms with Gasteiger partial charge in [0.1, 0.15) is 5.75 Å². The van der Waals surface area contributed by atoms with Crippen LogP contribution in [0.15, 0.2) is 63.3 Å². The summed E-state index contributed by atoms with van der Waals surface area (Å²) in [6.07, 6.45) is 1.39. The number of hydrogen-bond donors (Lipinski definition) is 2. The minimum Gasteiger partial charge on any atom is -0.507 e. The molecule has 1 heterocycles. The first kappa shape index (κ1) is 19.1. The highest BCUT2D eigenvalue weighted by atomic mass is 79.9. The lowest BCUT2D eigenvalue weighted by Gasteiger charge is -2.04. The molecular weight excluding hydrogens is 430 g/mol. The number of para-hydroxylation sites is 1. The Morgan fingerprint density at radius 1 is 1.26 bits per heavy atom. The highest BCUT2D eigenvalue weighted by molar-refractivity contribution is 9.10. The maximum atomic E-state index is 11.9. The quantitative estimate of drug-likeness (QED) is 0.345. The second kappa shape index (κ2) is 8.83. The number of halogens is 1. The van der Waals surface area contributed by atoms with E-state index in [2.05, 4.69) is 36.7 Å². The Morgan fingerprint density at radius 2 is 2.00 bits per heavy atom. The van der Waals surface area contributed by atoms with E-state index in [-0.39, 0.29) is 17.4 Å². The van der Waals surface area contributed by atoms with E-state index in [4.69, 9.17) is 0 Å². The van der Waals surface area contributed by atoms with Crippen LogP contribution in [0.2, 0.25) is 0 Å². The molecule has 2 N–H and O–H groups in total. The largest absolute Gasteiger partial charge is 0.507 e. The van der Waals surface area contributed by atoms with Crippen molar-refractivity contribution in [2.75, 3.05) is 5.75 Å². The maximum Gasteiger partial charge on any atom is 0.250 e. The van der Waals surface area contributed by atoms with Crippen LogP contribution < -0.4 is 5.43 Å². The number of carbonyl (C=O) groups excluding carboxylic acids is 1. The van der Waals surface area contributed by atoms with Crippen LogP contribution in [0.1, 0.15) is 5.56 Å². The Kier molecular flexibility index (Phi) is 6.25. The summed E-state index contributed by atoms with van der Waals surface area (Å²) < 4.78 is 2.83. The van der Waals surface area contributed by atoms with Crippen molar-refractivity contribution in [3.8, 4) is 17.1 Å². The Balaban J connectivity index is 1.56. The number of benzene rings is 2. The van der Waals surface area contributed by atoms with E-state index >= 15 is 0 Å². The van der Waals surface area contributed by atoms with Gasteiger partial charge in [-0.15, -0.1) is 10.2 Å². The van der Waals surface area contributed by atoms with Crippen LogP contribution in [0.25, 0.3) is 11.4 Å². The van der Waals surface area contributed by atoms with Crippen molar-refractivity contribution in [2.24, 2.45) is 12.1 Å². The van der Waals surface area contributed by atoms with Crippen LogP contribution in [0.5, 0.6) is 5.75 Å². The summed E-state index contributed by atoms with van der Waals surface area (Å²) in [6.45, 7) is 0. The third-order valence-electron chi connectivity index (χ3n) is 3.60. The van der Waals surface area contributed by atoms with Gasteiger partial charge in [0.15, 0.2) is 11.0 Å². The summed E-state index contributed by atoms with van der Waals surface area (Å²) in [5.74, 6) is 0.692. The summed E-state index contributed by atoms with van der Waals surface area (Å²) in [7, 11) is 1.86. The number of nitrogens with one attached hydrogen (secondary N) is 1. The number of amides is 1. The van der Waals surface area contributed by atoms with Crippen molar-refractivity contribution < 1.29 is 9.90 Å². The van der Waals surface area contributed by atoms with E-state index < -0.39 is 0 Å². The Morgan fingerprint density at radius 3 is 2.74 bits per heavy atom. The molecule has 0 aliphatic carbocycles. The van der Waals surface area contributed by atoms with Gasteiger partial charge >= 0.3 is 0 Å². The van der Waals surface area contributed by atoms with Gasteiger partial charge in [0, 0.05) is 22.6 Å². The fourth-order valence-electron chi connectivity index (χ4n) is 2.22. The van der Waals surface area contributed by atoms with Crippen LogP contribution in [0.3, 0.4) is 0 Å². The summed E-state index contributed by atoms with van der Waals surface area (Å²) in [6, 6.07) is 14.5. The van der Waals surface area contributed by atoms with E-state index in [1.165, 1.54) is 18.0 Å². The first-order valence-electron chi connectivity index (χ1n) is 7.92. The van der Waals surface area contributed by atoms with Crippen molar-refractivity contribution in [2.45, 2.75) is 5.16 Å². The molecule has 1 aromatic heterocycles. The topological polar surface area (TPSA) is 92.4 Å². The van der Waals surface area contributed by atoms with E-state index in [0.29, 0.717) is 10.7 Å². The van der Waals surface area contributed by atoms with Gasteiger partial charge < -0.3 is 9.67 Å². The molecule has 0 aliphatic heterocycles. The molecule has 0 saturated heterocycles. The first-order chi connectivity index (χ1) is 13.0. The Bertz CT molecular complexity index is 972. The number of nitrogens with zero attached hydrogens (tertiary/aromatic N) is 4. The molecular formula is C18H16BrN5O2S. The van der Waals surface area contributed by atoms with Crippen molar-refractivity contribution in [1.29, 1.82) is 0 Å². The fraction of sp³-hybridized carbons (Fsp3) is 0.111. The zero-order valence-electron chi connectivity index (χ0n) is 14.3. The normalized spacial score (nSPS) is 11.0. The number of thioether (sulfide) groups is 1. The third-order valence-corrected chi connectivity index (χ3v) is 5.15. The van der Waals surface area contributed by atoms with Gasteiger partial charge in [-0.3, -0.25) is 4.79 Å². The summed E-state index contributed by atoms with van der Waals surface area (Å²) in [4.78, 5) is 11.9. The molecule has 0 spiro atoms. The molecule has 138 valence electrons. The molecule has 3 rings (SSSR count). The van der Waals surface area contributed by atoms with Gasteiger partial charge in [0.05, 0.1) is 12.0 Å². The second-order valence-corrected chi connectivity index (χ2v) is 7.37. The zero-order chi connectivity index (χ0) is 19.2. The van der Waals surface area contributed by atoms with Crippen molar-refractivity contribution in [3.05, 3.63) is 58.6 Å². The average molecular weight is 446 g/mol. The maximum absolute atomic E-state index is 11.9. The van der Waals surface area contributed by atoms with Crippen LogP contribution in [-0.4, -0.2) is 37.7 Å². The smallest absolute Gasteiger partial charge is 0.250 e. The highest BCUT2D eigenvalue weighted by Gasteiger charge is 2.12. The number of carbonyl (C=O) groups is 1. The molecule has 0 saturated carbocycles. The number of aromatic hydroxyl groups is 1. The number of aromatic nitrogens is 3. The SMILES string of the molecule is Cn1c(SCC(=O)N/N=C\c2ccccc2O)nnc1-c1ccc(Br)cc1. The molecule has 3 aromatic rings. The lowest BCUT2D eigenvalue weighted by molar-refractivity contribution is -0.118. The summed E-state index contributed by atoms with van der Waals surface area (Å²) in [5, 5.41) is 22.5. The van der Waals surface area contributed by atoms with Gasteiger partial charge in [-0.2, -0.15) is 5.10 Å². The molecule has 27 heavy (non-hydrogen) atoms. The van der Waals surface area contributed by atoms with Crippen molar-refractivity contribution in [3.63, 3.8) is 0 Å². The standard InChI is InChI=1S/C18H16BrN5O2S/c1-24-17(12-6-8-14(19)9-7-12)22-23-18(24)27-11-16(26)21-20-10-13-4-2-3-5-15(13)25/h2-10,25H,11H2,1H3,(H,21,26)/b20-10-. The van der Waals surface area contributed by atoms with Crippen LogP contribution in [-0.2, 0) is 11.8 Å². The number of rotatable bonds is 6. The van der Waals surface area contributed by atoms with E-state index in [1.807, 2.05) is 35.9 Å².